The molecule has 1 amide bonds. The van der Waals surface area contributed by atoms with Gasteiger partial charge in [0.05, 0.1) is 12.7 Å². The Morgan fingerprint density at radius 1 is 1.23 bits per heavy atom. The normalized spacial score (nSPS) is 15.3. The number of rotatable bonds is 6. The number of hydrogen-bond acceptors (Lipinski definition) is 5. The molecule has 7 nitrogen and oxygen atoms in total. The molecule has 1 aromatic carbocycles. The Hall–Kier alpha value is -2.96. The fraction of sp³-hybridized carbons (Fsp3) is 0.368. The SMILES string of the molecule is C[C@H](OC(=O)/C=C/c1cn(Cc2ccccc2)nn1)C(=O)N1CCCC1. The van der Waals surface area contributed by atoms with E-state index in [1.54, 1.807) is 22.7 Å². The molecule has 1 fully saturated rings. The molecule has 0 bridgehead atoms. The maximum absolute atomic E-state index is 12.1. The lowest BCUT2D eigenvalue weighted by atomic mass is 10.2. The number of ether oxygens (including phenoxy) is 1. The van der Waals surface area contributed by atoms with Gasteiger partial charge in [-0.05, 0) is 31.4 Å². The van der Waals surface area contributed by atoms with Crippen LogP contribution >= 0.6 is 0 Å². The molecule has 7 heteroatoms. The molecule has 1 aromatic heterocycles. The van der Waals surface area contributed by atoms with E-state index in [4.69, 9.17) is 4.74 Å². The summed E-state index contributed by atoms with van der Waals surface area (Å²) in [4.78, 5) is 25.8. The van der Waals surface area contributed by atoms with Crippen LogP contribution in [0.4, 0.5) is 0 Å². The first kappa shape index (κ1) is 17.8. The van der Waals surface area contributed by atoms with Crippen LogP contribution in [0.15, 0.2) is 42.6 Å². The number of benzene rings is 1. The molecule has 1 aliphatic rings. The summed E-state index contributed by atoms with van der Waals surface area (Å²) in [7, 11) is 0. The summed E-state index contributed by atoms with van der Waals surface area (Å²) in [5.74, 6) is -0.708. The van der Waals surface area contributed by atoms with E-state index in [9.17, 15) is 9.59 Å². The highest BCUT2D eigenvalue weighted by atomic mass is 16.5. The lowest BCUT2D eigenvalue weighted by molar-refractivity contribution is -0.154. The van der Waals surface area contributed by atoms with Gasteiger partial charge in [0.25, 0.3) is 5.91 Å². The van der Waals surface area contributed by atoms with Gasteiger partial charge in [0, 0.05) is 19.2 Å². The average molecular weight is 354 g/mol. The second-order valence-corrected chi connectivity index (χ2v) is 6.27. The maximum atomic E-state index is 12.1. The van der Waals surface area contributed by atoms with Gasteiger partial charge in [0.15, 0.2) is 6.10 Å². The minimum atomic E-state index is -0.779. The third-order valence-electron chi connectivity index (χ3n) is 4.19. The van der Waals surface area contributed by atoms with E-state index >= 15 is 0 Å². The predicted molar refractivity (Wildman–Crippen MR) is 96.0 cm³/mol. The van der Waals surface area contributed by atoms with Crippen molar-refractivity contribution in [3.63, 3.8) is 0 Å². The van der Waals surface area contributed by atoms with Crippen LogP contribution in [0, 0.1) is 0 Å². The molecule has 2 aromatic rings. The standard InChI is InChI=1S/C19H22N4O3/c1-15(19(25)22-11-5-6-12-22)26-18(24)10-9-17-14-23(21-20-17)13-16-7-3-2-4-8-16/h2-4,7-10,14-15H,5-6,11-13H2,1H3/b10-9+/t15-/m0/s1. The maximum Gasteiger partial charge on any atom is 0.331 e. The van der Waals surface area contributed by atoms with E-state index < -0.39 is 12.1 Å². The van der Waals surface area contributed by atoms with Gasteiger partial charge in [-0.1, -0.05) is 35.5 Å². The van der Waals surface area contributed by atoms with Crippen molar-refractivity contribution >= 4 is 18.0 Å². The van der Waals surface area contributed by atoms with Crippen molar-refractivity contribution in [1.29, 1.82) is 0 Å². The summed E-state index contributed by atoms with van der Waals surface area (Å²) in [5, 5.41) is 8.04. The highest BCUT2D eigenvalue weighted by molar-refractivity contribution is 5.90. The van der Waals surface area contributed by atoms with Crippen LogP contribution in [0.1, 0.15) is 31.0 Å². The van der Waals surface area contributed by atoms with Gasteiger partial charge in [0.1, 0.15) is 5.69 Å². The van der Waals surface area contributed by atoms with Crippen LogP contribution in [-0.4, -0.2) is 51.0 Å². The molecule has 1 atom stereocenters. The summed E-state index contributed by atoms with van der Waals surface area (Å²) in [5.41, 5.74) is 1.66. The molecular formula is C19H22N4O3. The van der Waals surface area contributed by atoms with Crippen molar-refractivity contribution in [3.05, 3.63) is 53.9 Å². The van der Waals surface area contributed by atoms with Crippen molar-refractivity contribution in [1.82, 2.24) is 19.9 Å². The highest BCUT2D eigenvalue weighted by Gasteiger charge is 2.25. The van der Waals surface area contributed by atoms with E-state index in [0.29, 0.717) is 12.2 Å². The molecular weight excluding hydrogens is 332 g/mol. The highest BCUT2D eigenvalue weighted by Crippen LogP contribution is 2.11. The summed E-state index contributed by atoms with van der Waals surface area (Å²) in [6.45, 7) is 3.68. The van der Waals surface area contributed by atoms with Crippen LogP contribution in [0.3, 0.4) is 0 Å². The third-order valence-corrected chi connectivity index (χ3v) is 4.19. The third kappa shape index (κ3) is 4.78. The Labute approximate surface area is 152 Å². The molecule has 0 saturated carbocycles. The summed E-state index contributed by atoms with van der Waals surface area (Å²) < 4.78 is 6.87. The molecule has 0 spiro atoms. The first-order valence-corrected chi connectivity index (χ1v) is 8.73. The van der Waals surface area contributed by atoms with Crippen LogP contribution in [0.2, 0.25) is 0 Å². The van der Waals surface area contributed by atoms with Crippen molar-refractivity contribution in [2.75, 3.05) is 13.1 Å². The Bertz CT molecular complexity index is 779. The molecule has 0 N–H and O–H groups in total. The van der Waals surface area contributed by atoms with E-state index in [0.717, 1.165) is 31.5 Å². The topological polar surface area (TPSA) is 77.3 Å². The van der Waals surface area contributed by atoms with Crippen molar-refractivity contribution in [2.45, 2.75) is 32.4 Å². The fourth-order valence-electron chi connectivity index (χ4n) is 2.85. The molecule has 0 aliphatic carbocycles. The summed E-state index contributed by atoms with van der Waals surface area (Å²) in [6.07, 6.45) is 5.78. The van der Waals surface area contributed by atoms with Gasteiger partial charge < -0.3 is 9.64 Å². The number of aromatic nitrogens is 3. The fourth-order valence-corrected chi connectivity index (χ4v) is 2.85. The van der Waals surface area contributed by atoms with E-state index in [1.807, 2.05) is 30.3 Å². The van der Waals surface area contributed by atoms with Gasteiger partial charge in [0.2, 0.25) is 0 Å². The van der Waals surface area contributed by atoms with Gasteiger partial charge >= 0.3 is 5.97 Å². The Morgan fingerprint density at radius 3 is 2.69 bits per heavy atom. The number of amides is 1. The van der Waals surface area contributed by atoms with Crippen LogP contribution in [-0.2, 0) is 20.9 Å². The molecule has 136 valence electrons. The Balaban J connectivity index is 1.51. The largest absolute Gasteiger partial charge is 0.449 e. The van der Waals surface area contributed by atoms with E-state index in [1.165, 1.54) is 12.2 Å². The summed E-state index contributed by atoms with van der Waals surface area (Å²) >= 11 is 0. The molecule has 0 radical (unpaired) electrons. The van der Waals surface area contributed by atoms with Crippen LogP contribution in [0.5, 0.6) is 0 Å². The number of esters is 1. The number of likely N-dealkylation sites (tertiary alicyclic amines) is 1. The minimum Gasteiger partial charge on any atom is -0.449 e. The van der Waals surface area contributed by atoms with Crippen LogP contribution < -0.4 is 0 Å². The zero-order valence-corrected chi connectivity index (χ0v) is 14.7. The number of carbonyl (C=O) groups excluding carboxylic acids is 2. The molecule has 2 heterocycles. The molecule has 0 unspecified atom stereocenters. The first-order chi connectivity index (χ1) is 12.6. The number of hydrogen-bond donors (Lipinski definition) is 0. The van der Waals surface area contributed by atoms with Gasteiger partial charge in [-0.25, -0.2) is 9.48 Å². The Kier molecular flexibility index (Phi) is 5.78. The molecule has 26 heavy (non-hydrogen) atoms. The van der Waals surface area contributed by atoms with E-state index in [2.05, 4.69) is 10.3 Å². The molecule has 3 rings (SSSR count). The lowest BCUT2D eigenvalue weighted by Gasteiger charge is -2.19. The van der Waals surface area contributed by atoms with E-state index in [-0.39, 0.29) is 5.91 Å². The van der Waals surface area contributed by atoms with Crippen molar-refractivity contribution < 1.29 is 14.3 Å². The van der Waals surface area contributed by atoms with Gasteiger partial charge in [-0.15, -0.1) is 5.10 Å². The Morgan fingerprint density at radius 2 is 1.96 bits per heavy atom. The summed E-state index contributed by atoms with van der Waals surface area (Å²) in [6, 6.07) is 9.90. The minimum absolute atomic E-state index is 0.141. The van der Waals surface area contributed by atoms with Crippen molar-refractivity contribution in [2.24, 2.45) is 0 Å². The second-order valence-electron chi connectivity index (χ2n) is 6.27. The lowest BCUT2D eigenvalue weighted by Crippen LogP contribution is -2.37. The smallest absolute Gasteiger partial charge is 0.331 e. The van der Waals surface area contributed by atoms with Crippen LogP contribution in [0.25, 0.3) is 6.08 Å². The molecule has 1 aliphatic heterocycles. The van der Waals surface area contributed by atoms with Crippen molar-refractivity contribution in [3.8, 4) is 0 Å². The zero-order valence-electron chi connectivity index (χ0n) is 14.7. The van der Waals surface area contributed by atoms with Gasteiger partial charge in [-0.3, -0.25) is 4.79 Å². The first-order valence-electron chi connectivity index (χ1n) is 8.73. The quantitative estimate of drug-likeness (QED) is 0.585. The second kappa shape index (κ2) is 8.42. The monoisotopic (exact) mass is 354 g/mol. The van der Waals surface area contributed by atoms with Gasteiger partial charge in [-0.2, -0.15) is 0 Å². The average Bonchev–Trinajstić information content (AvgIpc) is 3.32. The predicted octanol–water partition coefficient (Wildman–Crippen LogP) is 1.89. The molecule has 1 saturated heterocycles. The number of carbonyl (C=O) groups is 2. The zero-order chi connectivity index (χ0) is 18.4. The number of nitrogens with zero attached hydrogens (tertiary/aromatic N) is 4.